The minimum atomic E-state index is -0.418. The van der Waals surface area contributed by atoms with E-state index in [4.69, 9.17) is 0 Å². The number of β-amino-alcohol motifs (C(OH)–C–C–N with tert-alkyl or cyclic N) is 1. The number of hydrogen-bond acceptors (Lipinski definition) is 3. The third kappa shape index (κ3) is 5.16. The van der Waals surface area contributed by atoms with Crippen LogP contribution in [0.25, 0.3) is 0 Å². The van der Waals surface area contributed by atoms with E-state index in [1.54, 1.807) is 23.1 Å². The zero-order valence-electron chi connectivity index (χ0n) is 13.7. The molecule has 0 saturated carbocycles. The van der Waals surface area contributed by atoms with Gasteiger partial charge in [-0.25, -0.2) is 0 Å². The van der Waals surface area contributed by atoms with Gasteiger partial charge in [-0.05, 0) is 31.6 Å². The molecule has 1 atom stereocenters. The fourth-order valence-electron chi connectivity index (χ4n) is 2.29. The zero-order chi connectivity index (χ0) is 17.4. The van der Waals surface area contributed by atoms with Crippen molar-refractivity contribution in [2.45, 2.75) is 19.4 Å². The molecule has 1 aromatic rings. The first-order valence-electron chi connectivity index (χ1n) is 7.85. The standard InChI is InChI=1S/C20H21NO2S/c1-3-8-18(12-11-16-9-6-5-7-10-16)24-19(4-2)20(23)21-14-13-17(22)15-21/h3-10,17,22H,1,13-15H2,2H3. The first-order chi connectivity index (χ1) is 11.6. The number of carbonyl (C=O) groups excluding carboxylic acids is 1. The Morgan fingerprint density at radius 2 is 2.17 bits per heavy atom. The number of hydrogen-bond donors (Lipinski definition) is 1. The lowest BCUT2D eigenvalue weighted by Crippen LogP contribution is -2.30. The van der Waals surface area contributed by atoms with E-state index in [-0.39, 0.29) is 5.91 Å². The van der Waals surface area contributed by atoms with E-state index in [0.29, 0.717) is 24.4 Å². The molecule has 0 spiro atoms. The van der Waals surface area contributed by atoms with Gasteiger partial charge in [0, 0.05) is 18.7 Å². The molecule has 1 unspecified atom stereocenters. The predicted octanol–water partition coefficient (Wildman–Crippen LogP) is 3.34. The van der Waals surface area contributed by atoms with Crippen molar-refractivity contribution in [3.63, 3.8) is 0 Å². The highest BCUT2D eigenvalue weighted by Gasteiger charge is 2.26. The molecule has 0 radical (unpaired) electrons. The van der Waals surface area contributed by atoms with E-state index in [1.165, 1.54) is 11.8 Å². The largest absolute Gasteiger partial charge is 0.391 e. The van der Waals surface area contributed by atoms with Crippen LogP contribution in [0, 0.1) is 11.8 Å². The van der Waals surface area contributed by atoms with Crippen LogP contribution in [0.4, 0.5) is 0 Å². The van der Waals surface area contributed by atoms with E-state index < -0.39 is 6.10 Å². The second-order valence-electron chi connectivity index (χ2n) is 5.33. The number of amides is 1. The van der Waals surface area contributed by atoms with Gasteiger partial charge in [0.25, 0.3) is 5.91 Å². The number of rotatable bonds is 4. The van der Waals surface area contributed by atoms with Gasteiger partial charge >= 0.3 is 0 Å². The molecule has 0 aliphatic carbocycles. The topological polar surface area (TPSA) is 40.5 Å². The van der Waals surface area contributed by atoms with Crippen LogP contribution >= 0.6 is 11.8 Å². The zero-order valence-corrected chi connectivity index (χ0v) is 14.6. The van der Waals surface area contributed by atoms with Gasteiger partial charge in [0.1, 0.15) is 0 Å². The van der Waals surface area contributed by atoms with Gasteiger partial charge in [-0.15, -0.1) is 0 Å². The van der Waals surface area contributed by atoms with Crippen LogP contribution in [-0.4, -0.2) is 35.1 Å². The molecular weight excluding hydrogens is 318 g/mol. The Balaban J connectivity index is 2.11. The molecule has 1 amide bonds. The summed E-state index contributed by atoms with van der Waals surface area (Å²) in [4.78, 5) is 15.6. The molecule has 2 rings (SSSR count). The summed E-state index contributed by atoms with van der Waals surface area (Å²) in [5, 5.41) is 9.61. The second-order valence-corrected chi connectivity index (χ2v) is 6.42. The van der Waals surface area contributed by atoms with Crippen molar-refractivity contribution in [2.24, 2.45) is 0 Å². The molecule has 24 heavy (non-hydrogen) atoms. The lowest BCUT2D eigenvalue weighted by atomic mass is 10.2. The van der Waals surface area contributed by atoms with Crippen LogP contribution in [0.2, 0.25) is 0 Å². The van der Waals surface area contributed by atoms with Gasteiger partial charge in [-0.3, -0.25) is 4.79 Å². The van der Waals surface area contributed by atoms with E-state index >= 15 is 0 Å². The van der Waals surface area contributed by atoms with Crippen molar-refractivity contribution in [1.82, 2.24) is 4.90 Å². The lowest BCUT2D eigenvalue weighted by molar-refractivity contribution is -0.125. The smallest absolute Gasteiger partial charge is 0.260 e. The molecule has 1 heterocycles. The number of aliphatic hydroxyl groups excluding tert-OH is 1. The van der Waals surface area contributed by atoms with Crippen LogP contribution in [0.15, 0.2) is 64.9 Å². The van der Waals surface area contributed by atoms with E-state index in [9.17, 15) is 9.90 Å². The van der Waals surface area contributed by atoms with Crippen LogP contribution in [0.1, 0.15) is 18.9 Å². The summed E-state index contributed by atoms with van der Waals surface area (Å²) in [6.45, 7) is 6.54. The molecule has 3 nitrogen and oxygen atoms in total. The van der Waals surface area contributed by atoms with Gasteiger partial charge in [-0.2, -0.15) is 0 Å². The van der Waals surface area contributed by atoms with E-state index in [1.807, 2.05) is 37.3 Å². The van der Waals surface area contributed by atoms with Gasteiger partial charge in [0.05, 0.1) is 15.9 Å². The highest BCUT2D eigenvalue weighted by molar-refractivity contribution is 8.07. The molecule has 1 aromatic carbocycles. The van der Waals surface area contributed by atoms with Crippen LogP contribution in [-0.2, 0) is 4.79 Å². The number of likely N-dealkylation sites (tertiary alicyclic amines) is 1. The summed E-state index contributed by atoms with van der Waals surface area (Å²) < 4.78 is 0. The van der Waals surface area contributed by atoms with Crippen LogP contribution in [0.5, 0.6) is 0 Å². The lowest BCUT2D eigenvalue weighted by Gasteiger charge is -2.17. The number of aliphatic hydroxyl groups is 1. The third-order valence-corrected chi connectivity index (χ3v) is 4.60. The summed E-state index contributed by atoms with van der Waals surface area (Å²) >= 11 is 1.33. The average molecular weight is 339 g/mol. The fraction of sp³-hybridized carbons (Fsp3) is 0.250. The van der Waals surface area contributed by atoms with Crippen LogP contribution in [0.3, 0.4) is 0 Å². The Bertz CT molecular complexity index is 710. The Hall–Kier alpha value is -2.22. The van der Waals surface area contributed by atoms with Crippen molar-refractivity contribution >= 4 is 17.7 Å². The molecule has 1 saturated heterocycles. The van der Waals surface area contributed by atoms with Crippen molar-refractivity contribution in [3.05, 3.63) is 70.5 Å². The maximum Gasteiger partial charge on any atom is 0.260 e. The molecule has 0 bridgehead atoms. The molecule has 1 aliphatic rings. The molecular formula is C20H21NO2S. The monoisotopic (exact) mass is 339 g/mol. The second kappa shape index (κ2) is 9.17. The fourth-order valence-corrected chi connectivity index (χ4v) is 3.13. The summed E-state index contributed by atoms with van der Waals surface area (Å²) in [6, 6.07) is 9.70. The Kier molecular flexibility index (Phi) is 6.92. The van der Waals surface area contributed by atoms with Crippen molar-refractivity contribution in [1.29, 1.82) is 0 Å². The van der Waals surface area contributed by atoms with E-state index in [2.05, 4.69) is 18.4 Å². The van der Waals surface area contributed by atoms with E-state index in [0.717, 1.165) is 10.5 Å². The minimum Gasteiger partial charge on any atom is -0.391 e. The first kappa shape index (κ1) is 18.1. The minimum absolute atomic E-state index is 0.0597. The Morgan fingerprint density at radius 3 is 2.75 bits per heavy atom. The summed E-state index contributed by atoms with van der Waals surface area (Å²) in [5.41, 5.74) is 0.920. The van der Waals surface area contributed by atoms with Crippen molar-refractivity contribution in [3.8, 4) is 11.8 Å². The Labute approximate surface area is 147 Å². The average Bonchev–Trinajstić information content (AvgIpc) is 3.04. The number of carbonyl (C=O) groups is 1. The van der Waals surface area contributed by atoms with Crippen molar-refractivity contribution < 1.29 is 9.90 Å². The molecule has 124 valence electrons. The highest BCUT2D eigenvalue weighted by atomic mass is 32.2. The highest BCUT2D eigenvalue weighted by Crippen LogP contribution is 2.28. The predicted molar refractivity (Wildman–Crippen MR) is 100 cm³/mol. The van der Waals surface area contributed by atoms with Gasteiger partial charge < -0.3 is 10.0 Å². The van der Waals surface area contributed by atoms with Crippen molar-refractivity contribution in [2.75, 3.05) is 13.1 Å². The number of nitrogens with zero attached hydrogens (tertiary/aromatic N) is 1. The molecule has 1 aliphatic heterocycles. The maximum atomic E-state index is 12.6. The molecule has 1 fully saturated rings. The number of thioether (sulfide) groups is 1. The van der Waals surface area contributed by atoms with Gasteiger partial charge in [0.15, 0.2) is 0 Å². The molecule has 0 aromatic heterocycles. The summed E-state index contributed by atoms with van der Waals surface area (Å²) in [7, 11) is 0. The van der Waals surface area contributed by atoms with Gasteiger partial charge in [0.2, 0.25) is 0 Å². The Morgan fingerprint density at radius 1 is 1.42 bits per heavy atom. The van der Waals surface area contributed by atoms with Crippen LogP contribution < -0.4 is 0 Å². The maximum absolute atomic E-state index is 12.6. The normalized spacial score (nSPS) is 18.1. The number of benzene rings is 1. The SMILES string of the molecule is C=CC=C(C#Cc1ccccc1)SC(=CC)C(=O)N1CCC(O)C1. The summed E-state index contributed by atoms with van der Waals surface area (Å²) in [5.74, 6) is 6.13. The quantitative estimate of drug-likeness (QED) is 0.520. The van der Waals surface area contributed by atoms with Gasteiger partial charge in [-0.1, -0.05) is 60.5 Å². The third-order valence-electron chi connectivity index (χ3n) is 3.52. The molecule has 4 heteroatoms. The first-order valence-corrected chi connectivity index (χ1v) is 8.67. The summed E-state index contributed by atoms with van der Waals surface area (Å²) in [6.07, 6.45) is 5.48. The number of allylic oxidation sites excluding steroid dienone is 4. The molecule has 1 N–H and O–H groups in total.